The minimum Gasteiger partial charge on any atom is -0.449 e. The van der Waals surface area contributed by atoms with Gasteiger partial charge in [0.05, 0.1) is 16.9 Å². The first kappa shape index (κ1) is 21.4. The number of anilines is 1. The molecule has 0 spiro atoms. The number of carbonyl (C=O) groups excluding carboxylic acids is 2. The van der Waals surface area contributed by atoms with Crippen molar-refractivity contribution in [3.8, 4) is 5.69 Å². The Bertz CT molecular complexity index is 1140. The fourth-order valence-electron chi connectivity index (χ4n) is 3.03. The monoisotopic (exact) mass is 425 g/mol. The Labute approximate surface area is 178 Å². The fourth-order valence-corrected chi connectivity index (χ4v) is 3.61. The molecule has 3 rings (SSSR count). The van der Waals surface area contributed by atoms with Crippen molar-refractivity contribution < 1.29 is 14.3 Å². The fraction of sp³-hybridized carbons (Fsp3) is 0.227. The highest BCUT2D eigenvalue weighted by atomic mass is 32.2. The number of esters is 1. The number of carbonyl (C=O) groups is 2. The highest BCUT2D eigenvalue weighted by Gasteiger charge is 2.24. The maximum atomic E-state index is 12.9. The second kappa shape index (κ2) is 9.04. The number of ether oxygens (including phenoxy) is 1. The lowest BCUT2D eigenvalue weighted by molar-refractivity contribution is -0.123. The average molecular weight is 426 g/mol. The molecule has 0 radical (unpaired) electrons. The van der Waals surface area contributed by atoms with Gasteiger partial charge in [0.15, 0.2) is 6.10 Å². The van der Waals surface area contributed by atoms with E-state index in [2.05, 4.69) is 5.32 Å². The largest absolute Gasteiger partial charge is 0.449 e. The Kier molecular flexibility index (Phi) is 6.47. The van der Waals surface area contributed by atoms with Crippen molar-refractivity contribution in [1.82, 2.24) is 9.36 Å². The van der Waals surface area contributed by atoms with Gasteiger partial charge in [-0.15, -0.1) is 11.8 Å². The summed E-state index contributed by atoms with van der Waals surface area (Å²) in [5.74, 6) is -1.16. The van der Waals surface area contributed by atoms with Crippen molar-refractivity contribution in [3.63, 3.8) is 0 Å². The van der Waals surface area contributed by atoms with Gasteiger partial charge in [-0.1, -0.05) is 30.3 Å². The van der Waals surface area contributed by atoms with E-state index in [0.29, 0.717) is 16.9 Å². The quantitative estimate of drug-likeness (QED) is 0.484. The van der Waals surface area contributed by atoms with Gasteiger partial charge in [0, 0.05) is 11.9 Å². The lowest BCUT2D eigenvalue weighted by atomic mass is 10.2. The van der Waals surface area contributed by atoms with E-state index in [0.717, 1.165) is 4.90 Å². The van der Waals surface area contributed by atoms with Gasteiger partial charge in [-0.3, -0.25) is 14.3 Å². The molecule has 0 bridgehead atoms. The number of para-hydroxylation sites is 1. The van der Waals surface area contributed by atoms with Gasteiger partial charge < -0.3 is 10.1 Å². The van der Waals surface area contributed by atoms with Crippen LogP contribution < -0.4 is 10.9 Å². The standard InChI is InChI=1S/C22H23N3O4S/c1-14-19(21(27)25(24(14)3)16-10-6-5-7-11-16)23-20(26)15(2)29-22(28)17-12-8-9-13-18(17)30-4/h5-13,15H,1-4H3,(H,23,26). The summed E-state index contributed by atoms with van der Waals surface area (Å²) >= 11 is 1.42. The lowest BCUT2D eigenvalue weighted by Gasteiger charge is -2.14. The molecule has 0 aliphatic heterocycles. The van der Waals surface area contributed by atoms with E-state index >= 15 is 0 Å². The molecule has 3 aromatic rings. The van der Waals surface area contributed by atoms with E-state index in [1.54, 1.807) is 42.9 Å². The van der Waals surface area contributed by atoms with Crippen LogP contribution in [0.25, 0.3) is 5.69 Å². The van der Waals surface area contributed by atoms with Gasteiger partial charge in [0.2, 0.25) is 0 Å². The number of benzene rings is 2. The van der Waals surface area contributed by atoms with Gasteiger partial charge in [0.25, 0.3) is 11.5 Å². The normalized spacial score (nSPS) is 11.7. The van der Waals surface area contributed by atoms with Crippen LogP contribution in [0.15, 0.2) is 64.3 Å². The average Bonchev–Trinajstić information content (AvgIpc) is 2.97. The van der Waals surface area contributed by atoms with Crippen molar-refractivity contribution >= 4 is 29.3 Å². The number of thioether (sulfide) groups is 1. The zero-order valence-corrected chi connectivity index (χ0v) is 18.0. The van der Waals surface area contributed by atoms with Crippen LogP contribution in [-0.4, -0.2) is 33.6 Å². The second-order valence-corrected chi connectivity index (χ2v) is 7.52. The predicted octanol–water partition coefficient (Wildman–Crippen LogP) is 3.39. The molecule has 1 aromatic heterocycles. The highest BCUT2D eigenvalue weighted by Crippen LogP contribution is 2.21. The summed E-state index contributed by atoms with van der Waals surface area (Å²) in [6.07, 6.45) is 0.787. The summed E-state index contributed by atoms with van der Waals surface area (Å²) in [4.78, 5) is 38.8. The molecule has 0 aliphatic carbocycles. The lowest BCUT2D eigenvalue weighted by Crippen LogP contribution is -2.32. The highest BCUT2D eigenvalue weighted by molar-refractivity contribution is 7.98. The number of amides is 1. The van der Waals surface area contributed by atoms with Crippen LogP contribution in [0.3, 0.4) is 0 Å². The Balaban J connectivity index is 1.79. The summed E-state index contributed by atoms with van der Waals surface area (Å²) in [6.45, 7) is 3.21. The molecule has 30 heavy (non-hydrogen) atoms. The summed E-state index contributed by atoms with van der Waals surface area (Å²) < 4.78 is 8.47. The van der Waals surface area contributed by atoms with Crippen LogP contribution >= 0.6 is 11.8 Å². The first-order valence-electron chi connectivity index (χ1n) is 9.34. The number of nitrogens with zero attached hydrogens (tertiary/aromatic N) is 2. The van der Waals surface area contributed by atoms with Gasteiger partial charge >= 0.3 is 5.97 Å². The van der Waals surface area contributed by atoms with Crippen LogP contribution in [-0.2, 0) is 16.6 Å². The molecular weight excluding hydrogens is 402 g/mol. The molecule has 1 amide bonds. The first-order chi connectivity index (χ1) is 14.3. The molecule has 1 atom stereocenters. The summed E-state index contributed by atoms with van der Waals surface area (Å²) in [5, 5.41) is 2.62. The van der Waals surface area contributed by atoms with Crippen LogP contribution in [0.5, 0.6) is 0 Å². The Morgan fingerprint density at radius 2 is 1.70 bits per heavy atom. The summed E-state index contributed by atoms with van der Waals surface area (Å²) in [5.41, 5.74) is 1.46. The summed E-state index contributed by atoms with van der Waals surface area (Å²) in [7, 11) is 1.74. The number of rotatable bonds is 6. The molecular formula is C22H23N3O4S. The number of aromatic nitrogens is 2. The second-order valence-electron chi connectivity index (χ2n) is 6.67. The molecule has 0 fully saturated rings. The van der Waals surface area contributed by atoms with Gasteiger partial charge in [-0.2, -0.15) is 0 Å². The van der Waals surface area contributed by atoms with Crippen molar-refractivity contribution in [1.29, 1.82) is 0 Å². The Morgan fingerprint density at radius 3 is 2.37 bits per heavy atom. The molecule has 0 saturated carbocycles. The zero-order valence-electron chi connectivity index (χ0n) is 17.2. The maximum absolute atomic E-state index is 12.9. The third-order valence-electron chi connectivity index (χ3n) is 4.78. The van der Waals surface area contributed by atoms with Crippen LogP contribution in [0.1, 0.15) is 23.0 Å². The topological polar surface area (TPSA) is 82.3 Å². The van der Waals surface area contributed by atoms with Gasteiger partial charge in [0.1, 0.15) is 5.69 Å². The van der Waals surface area contributed by atoms with Crippen molar-refractivity contribution in [2.24, 2.45) is 7.05 Å². The number of nitrogens with one attached hydrogen (secondary N) is 1. The smallest absolute Gasteiger partial charge is 0.340 e. The SMILES string of the molecule is CSc1ccccc1C(=O)OC(C)C(=O)Nc1c(C)n(C)n(-c2ccccc2)c1=O. The van der Waals surface area contributed by atoms with E-state index in [4.69, 9.17) is 4.74 Å². The third kappa shape index (κ3) is 4.18. The molecule has 0 aliphatic rings. The molecule has 0 saturated heterocycles. The van der Waals surface area contributed by atoms with Gasteiger partial charge in [-0.05, 0) is 44.4 Å². The molecule has 1 heterocycles. The molecule has 156 valence electrons. The minimum atomic E-state index is -1.07. The van der Waals surface area contributed by atoms with Crippen LogP contribution in [0, 0.1) is 6.92 Å². The Hall–Kier alpha value is -3.26. The van der Waals surface area contributed by atoms with E-state index in [1.165, 1.54) is 23.4 Å². The van der Waals surface area contributed by atoms with Crippen molar-refractivity contribution in [2.45, 2.75) is 24.8 Å². The van der Waals surface area contributed by atoms with E-state index in [1.807, 2.05) is 36.6 Å². The molecule has 8 heteroatoms. The maximum Gasteiger partial charge on any atom is 0.340 e. The van der Waals surface area contributed by atoms with Crippen molar-refractivity contribution in [2.75, 3.05) is 11.6 Å². The zero-order chi connectivity index (χ0) is 21.8. The first-order valence-corrected chi connectivity index (χ1v) is 10.6. The number of hydrogen-bond donors (Lipinski definition) is 1. The minimum absolute atomic E-state index is 0.152. The molecule has 7 nitrogen and oxygen atoms in total. The van der Waals surface area contributed by atoms with E-state index in [-0.39, 0.29) is 11.2 Å². The number of hydrogen-bond acceptors (Lipinski definition) is 5. The van der Waals surface area contributed by atoms with Crippen LogP contribution in [0.2, 0.25) is 0 Å². The molecule has 1 unspecified atom stereocenters. The Morgan fingerprint density at radius 1 is 1.07 bits per heavy atom. The van der Waals surface area contributed by atoms with Crippen molar-refractivity contribution in [3.05, 3.63) is 76.2 Å². The summed E-state index contributed by atoms with van der Waals surface area (Å²) in [6, 6.07) is 16.2. The van der Waals surface area contributed by atoms with E-state index < -0.39 is 18.0 Å². The van der Waals surface area contributed by atoms with Crippen LogP contribution in [0.4, 0.5) is 5.69 Å². The predicted molar refractivity (Wildman–Crippen MR) is 117 cm³/mol. The third-order valence-corrected chi connectivity index (χ3v) is 5.58. The molecule has 2 aromatic carbocycles. The van der Waals surface area contributed by atoms with E-state index in [9.17, 15) is 14.4 Å². The van der Waals surface area contributed by atoms with Gasteiger partial charge in [-0.25, -0.2) is 9.48 Å². The molecule has 1 N–H and O–H groups in total.